The van der Waals surface area contributed by atoms with E-state index in [1.54, 1.807) is 24.3 Å². The van der Waals surface area contributed by atoms with Crippen LogP contribution in [-0.2, 0) is 11.4 Å². The molecule has 0 spiro atoms. The lowest BCUT2D eigenvalue weighted by Gasteiger charge is -2.13. The summed E-state index contributed by atoms with van der Waals surface area (Å²) in [7, 11) is 0. The maximum atomic E-state index is 12.2. The van der Waals surface area contributed by atoms with Gasteiger partial charge >= 0.3 is 0 Å². The molecular weight excluding hydrogens is 386 g/mol. The quantitative estimate of drug-likeness (QED) is 0.501. The smallest absolute Gasteiger partial charge is 0.269 e. The Kier molecular flexibility index (Phi) is 7.58. The molecule has 0 aliphatic heterocycles. The molecule has 0 aromatic heterocycles. The molecule has 6 nitrogen and oxygen atoms in total. The second-order valence-corrected chi connectivity index (χ2v) is 7.52. The molecule has 0 radical (unpaired) electrons. The highest BCUT2D eigenvalue weighted by atomic mass is 32.1. The van der Waals surface area contributed by atoms with Crippen molar-refractivity contribution >= 4 is 29.1 Å². The molecule has 2 amide bonds. The lowest BCUT2D eigenvalue weighted by molar-refractivity contribution is -0.120. The first-order valence-corrected chi connectivity index (χ1v) is 10.2. The first-order chi connectivity index (χ1) is 14.1. The highest BCUT2D eigenvalue weighted by Crippen LogP contribution is 2.27. The Morgan fingerprint density at radius 1 is 0.966 bits per heavy atom. The van der Waals surface area contributed by atoms with E-state index in [1.807, 2.05) is 30.3 Å². The number of carbonyl (C=O) groups excluding carboxylic acids is 2. The molecule has 7 heteroatoms. The van der Waals surface area contributed by atoms with Crippen LogP contribution in [0.1, 0.15) is 48.0 Å². The van der Waals surface area contributed by atoms with E-state index in [9.17, 15) is 9.59 Å². The number of rotatable bonds is 6. The van der Waals surface area contributed by atoms with E-state index in [2.05, 4.69) is 16.2 Å². The standard InChI is InChI=1S/C22H25N3O3S/c26-20(14-16-6-4-5-7-16)23-22(29)25-24-21(27)18-10-12-19(13-11-18)28-15-17-8-2-1-3-9-17/h1-3,8-13,16H,4-7,14-15H2,(H,24,27)(H2,23,25,26,29). The largest absolute Gasteiger partial charge is 0.489 e. The summed E-state index contributed by atoms with van der Waals surface area (Å²) in [4.78, 5) is 24.2. The monoisotopic (exact) mass is 411 g/mol. The van der Waals surface area contributed by atoms with Gasteiger partial charge in [0.1, 0.15) is 12.4 Å². The SMILES string of the molecule is O=C(CC1CCCC1)NC(=S)NNC(=O)c1ccc(OCc2ccccc2)cc1. The first-order valence-electron chi connectivity index (χ1n) is 9.77. The number of hydrogen-bond donors (Lipinski definition) is 3. The Balaban J connectivity index is 1.39. The Labute approximate surface area is 176 Å². The van der Waals surface area contributed by atoms with Gasteiger partial charge in [0.2, 0.25) is 5.91 Å². The Hall–Kier alpha value is -2.93. The molecule has 3 N–H and O–H groups in total. The first kappa shape index (κ1) is 20.8. The second-order valence-electron chi connectivity index (χ2n) is 7.11. The fourth-order valence-electron chi connectivity index (χ4n) is 3.31. The van der Waals surface area contributed by atoms with Crippen molar-refractivity contribution in [2.45, 2.75) is 38.7 Å². The van der Waals surface area contributed by atoms with Crippen molar-refractivity contribution in [1.29, 1.82) is 0 Å². The fraction of sp³-hybridized carbons (Fsp3) is 0.318. The lowest BCUT2D eigenvalue weighted by Crippen LogP contribution is -2.48. The van der Waals surface area contributed by atoms with Crippen LogP contribution in [0.3, 0.4) is 0 Å². The molecule has 1 aliphatic carbocycles. The minimum Gasteiger partial charge on any atom is -0.489 e. The Morgan fingerprint density at radius 2 is 1.66 bits per heavy atom. The summed E-state index contributed by atoms with van der Waals surface area (Å²) < 4.78 is 5.71. The van der Waals surface area contributed by atoms with Crippen molar-refractivity contribution in [3.8, 4) is 5.75 Å². The van der Waals surface area contributed by atoms with Crippen molar-refractivity contribution in [3.05, 3.63) is 65.7 Å². The van der Waals surface area contributed by atoms with E-state index in [4.69, 9.17) is 17.0 Å². The van der Waals surface area contributed by atoms with Crippen LogP contribution >= 0.6 is 12.2 Å². The summed E-state index contributed by atoms with van der Waals surface area (Å²) in [6.07, 6.45) is 5.03. The van der Waals surface area contributed by atoms with E-state index in [0.29, 0.717) is 30.3 Å². The molecule has 1 aliphatic rings. The number of thiocarbonyl (C=S) groups is 1. The summed E-state index contributed by atoms with van der Waals surface area (Å²) in [5, 5.41) is 2.69. The summed E-state index contributed by atoms with van der Waals surface area (Å²) >= 11 is 5.06. The molecule has 2 aromatic rings. The number of benzene rings is 2. The average Bonchev–Trinajstić information content (AvgIpc) is 3.24. The van der Waals surface area contributed by atoms with Crippen LogP contribution in [0.5, 0.6) is 5.75 Å². The molecular formula is C22H25N3O3S. The van der Waals surface area contributed by atoms with Gasteiger partial charge in [0, 0.05) is 12.0 Å². The van der Waals surface area contributed by atoms with Crippen LogP contribution in [0.15, 0.2) is 54.6 Å². The lowest BCUT2D eigenvalue weighted by atomic mass is 10.0. The maximum absolute atomic E-state index is 12.2. The van der Waals surface area contributed by atoms with E-state index >= 15 is 0 Å². The highest BCUT2D eigenvalue weighted by molar-refractivity contribution is 7.80. The zero-order valence-electron chi connectivity index (χ0n) is 16.1. The van der Waals surface area contributed by atoms with Gasteiger partial charge in [0.25, 0.3) is 5.91 Å². The zero-order valence-corrected chi connectivity index (χ0v) is 17.0. The van der Waals surface area contributed by atoms with Crippen molar-refractivity contribution in [2.24, 2.45) is 5.92 Å². The topological polar surface area (TPSA) is 79.5 Å². The normalized spacial score (nSPS) is 13.5. The summed E-state index contributed by atoms with van der Waals surface area (Å²) in [5.74, 6) is 0.638. The molecule has 152 valence electrons. The molecule has 29 heavy (non-hydrogen) atoms. The van der Waals surface area contributed by atoms with E-state index in [-0.39, 0.29) is 16.9 Å². The minimum absolute atomic E-state index is 0.0872. The number of ether oxygens (including phenoxy) is 1. The fourth-order valence-corrected chi connectivity index (χ4v) is 3.48. The van der Waals surface area contributed by atoms with E-state index < -0.39 is 0 Å². The molecule has 0 bridgehead atoms. The molecule has 0 unspecified atom stereocenters. The van der Waals surface area contributed by atoms with Crippen LogP contribution in [0, 0.1) is 5.92 Å². The minimum atomic E-state index is -0.355. The van der Waals surface area contributed by atoms with Crippen molar-refractivity contribution in [3.63, 3.8) is 0 Å². The van der Waals surface area contributed by atoms with Crippen molar-refractivity contribution < 1.29 is 14.3 Å². The van der Waals surface area contributed by atoms with Gasteiger partial charge in [-0.15, -0.1) is 0 Å². The molecule has 1 fully saturated rings. The molecule has 0 atom stereocenters. The predicted molar refractivity (Wildman–Crippen MR) is 115 cm³/mol. The van der Waals surface area contributed by atoms with Crippen LogP contribution in [0.4, 0.5) is 0 Å². The van der Waals surface area contributed by atoms with Crippen LogP contribution < -0.4 is 20.9 Å². The van der Waals surface area contributed by atoms with Gasteiger partial charge in [0.05, 0.1) is 0 Å². The van der Waals surface area contributed by atoms with Crippen LogP contribution in [-0.4, -0.2) is 16.9 Å². The number of amides is 2. The summed E-state index contributed by atoms with van der Waals surface area (Å²) in [6.45, 7) is 0.461. The Bertz CT molecular complexity index is 834. The molecule has 3 rings (SSSR count). The zero-order chi connectivity index (χ0) is 20.5. The maximum Gasteiger partial charge on any atom is 0.269 e. The molecule has 0 heterocycles. The third-order valence-corrected chi connectivity index (χ3v) is 5.06. The number of carbonyl (C=O) groups is 2. The van der Waals surface area contributed by atoms with Crippen LogP contribution in [0.25, 0.3) is 0 Å². The van der Waals surface area contributed by atoms with Gasteiger partial charge in [0.15, 0.2) is 5.11 Å². The average molecular weight is 412 g/mol. The van der Waals surface area contributed by atoms with Gasteiger partial charge in [-0.05, 0) is 60.8 Å². The van der Waals surface area contributed by atoms with Gasteiger partial charge in [-0.25, -0.2) is 0 Å². The summed E-state index contributed by atoms with van der Waals surface area (Å²) in [5.41, 5.74) is 6.58. The summed E-state index contributed by atoms with van der Waals surface area (Å²) in [6, 6.07) is 16.7. The molecule has 0 saturated heterocycles. The van der Waals surface area contributed by atoms with Crippen molar-refractivity contribution in [2.75, 3.05) is 0 Å². The third kappa shape index (κ3) is 6.87. The number of hydrogen-bond acceptors (Lipinski definition) is 4. The molecule has 1 saturated carbocycles. The Morgan fingerprint density at radius 3 is 2.34 bits per heavy atom. The predicted octanol–water partition coefficient (Wildman–Crippen LogP) is 3.48. The van der Waals surface area contributed by atoms with Gasteiger partial charge in [-0.1, -0.05) is 43.2 Å². The highest BCUT2D eigenvalue weighted by Gasteiger charge is 2.19. The van der Waals surface area contributed by atoms with Gasteiger partial charge in [-0.3, -0.25) is 20.4 Å². The number of hydrazine groups is 1. The van der Waals surface area contributed by atoms with Crippen LogP contribution in [0.2, 0.25) is 0 Å². The van der Waals surface area contributed by atoms with Gasteiger partial charge < -0.3 is 10.1 Å². The number of nitrogens with one attached hydrogen (secondary N) is 3. The van der Waals surface area contributed by atoms with Crippen molar-refractivity contribution in [1.82, 2.24) is 16.2 Å². The van der Waals surface area contributed by atoms with E-state index in [0.717, 1.165) is 18.4 Å². The second kappa shape index (κ2) is 10.6. The molecule has 2 aromatic carbocycles. The van der Waals surface area contributed by atoms with Gasteiger partial charge in [-0.2, -0.15) is 0 Å². The van der Waals surface area contributed by atoms with E-state index in [1.165, 1.54) is 12.8 Å². The third-order valence-electron chi connectivity index (χ3n) is 4.86.